The van der Waals surface area contributed by atoms with E-state index in [1.165, 1.54) is 90.7 Å². The number of sulfonamides is 1. The fourth-order valence-electron chi connectivity index (χ4n) is 12.9. The zero-order chi connectivity index (χ0) is 99.5. The molecule has 10 heterocycles. The van der Waals surface area contributed by atoms with Crippen molar-refractivity contribution in [2.24, 2.45) is 28.1 Å². The Morgan fingerprint density at radius 3 is 1.20 bits per heavy atom. The average molecular weight is 1980 g/mol. The van der Waals surface area contributed by atoms with Crippen molar-refractivity contribution in [2.75, 3.05) is 41.8 Å². The van der Waals surface area contributed by atoms with Gasteiger partial charge in [0.15, 0.2) is 63.7 Å². The number of nitrogens with one attached hydrogen (secondary N) is 4. The molecule has 0 aliphatic heterocycles. The second kappa shape index (κ2) is 45.6. The van der Waals surface area contributed by atoms with Gasteiger partial charge < -0.3 is 77.4 Å². The number of carbonyl (C=O) groups excluding carboxylic acids is 12. The number of thiazole rings is 5. The Bertz CT molecular complexity index is 7140. The molecular formula is C94H96N14O23S6. The van der Waals surface area contributed by atoms with Crippen molar-refractivity contribution in [3.63, 3.8) is 0 Å². The number of esters is 8. The van der Waals surface area contributed by atoms with Crippen molar-refractivity contribution in [3.05, 3.63) is 261 Å². The smallest absolute Gasteiger partial charge is 0.408 e. The number of ether oxygens (including phenoxy) is 9. The highest BCUT2D eigenvalue weighted by Crippen LogP contribution is 2.32. The SMILES string of the molecule is COC(=O)c1csc(/C(=N\NS(C)(=O)=O)c2c[nH]c3ccccc23)n1.COC(=O)c1csc(C(=O)c2cn(COC(=O)C(C)(C)C)c3ccccc23)n1.COC(=O)c1csc(C(=O)c2cn(COC(=O)C(N)C(C)C)c3ccccc23)n1.COC(=O)c1csc(C(=O)c2cn(COC(=O)C(NC(=O)OC(C)(C)C)C(C)C)c3ccccc23)n1.COC(=O)c1csc(Cc2c[nH]c3ccccc23)n1. The quantitative estimate of drug-likeness (QED) is 0.00999. The topological polar surface area (TPSA) is 495 Å². The monoisotopic (exact) mass is 1980 g/mol. The van der Waals surface area contributed by atoms with E-state index in [4.69, 9.17) is 24.7 Å². The number of fused-ring (bicyclic) bond motifs is 5. The molecule has 15 rings (SSSR count). The predicted molar refractivity (Wildman–Crippen MR) is 515 cm³/mol. The summed E-state index contributed by atoms with van der Waals surface area (Å²) in [7, 11) is 2.83. The van der Waals surface area contributed by atoms with Gasteiger partial charge in [-0.15, -0.1) is 56.7 Å². The molecule has 0 radical (unpaired) electrons. The first-order chi connectivity index (χ1) is 65.1. The number of carbonyl (C=O) groups is 12. The number of H-pyrrole nitrogens is 2. The summed E-state index contributed by atoms with van der Waals surface area (Å²) in [6, 6.07) is 35.8. The molecule has 0 saturated heterocycles. The van der Waals surface area contributed by atoms with E-state index in [9.17, 15) is 66.0 Å². The summed E-state index contributed by atoms with van der Waals surface area (Å²) in [4.78, 5) is 175. The number of alkyl carbamates (subject to hydrolysis) is 1. The van der Waals surface area contributed by atoms with Crippen LogP contribution < -0.4 is 15.9 Å². The summed E-state index contributed by atoms with van der Waals surface area (Å²) in [5.74, 6) is -5.56. The minimum absolute atomic E-state index is 0.00479. The van der Waals surface area contributed by atoms with Gasteiger partial charge in [0.05, 0.1) is 85.5 Å². The maximum Gasteiger partial charge on any atom is 0.408 e. The number of amides is 1. The molecule has 2 atom stereocenters. The van der Waals surface area contributed by atoms with Crippen LogP contribution in [0.4, 0.5) is 4.79 Å². The number of nitrogens with zero attached hydrogens (tertiary/aromatic N) is 9. The van der Waals surface area contributed by atoms with Gasteiger partial charge in [-0.3, -0.25) is 24.0 Å². The van der Waals surface area contributed by atoms with Crippen molar-refractivity contribution >= 4 is 198 Å². The second-order valence-corrected chi connectivity index (χ2v) is 38.7. The van der Waals surface area contributed by atoms with Crippen LogP contribution in [0.1, 0.15) is 189 Å². The van der Waals surface area contributed by atoms with E-state index in [1.54, 1.807) is 130 Å². The largest absolute Gasteiger partial charge is 0.464 e. The Hall–Kier alpha value is -14.6. The minimum Gasteiger partial charge on any atom is -0.464 e. The molecule has 43 heteroatoms. The second-order valence-electron chi connectivity index (χ2n) is 32.6. The molecule has 0 bridgehead atoms. The molecule has 0 aliphatic rings. The Morgan fingerprint density at radius 1 is 0.445 bits per heavy atom. The van der Waals surface area contributed by atoms with Crippen LogP contribution in [-0.2, 0) is 93.7 Å². The third kappa shape index (κ3) is 26.1. The fraction of sp³-hybridized carbons (Fsp3) is 0.277. The van der Waals surface area contributed by atoms with Crippen LogP contribution in [0.5, 0.6) is 0 Å². The number of aromatic nitrogens is 10. The van der Waals surface area contributed by atoms with Crippen LogP contribution in [0, 0.1) is 17.3 Å². The van der Waals surface area contributed by atoms with E-state index < -0.39 is 75.0 Å². The van der Waals surface area contributed by atoms with E-state index >= 15 is 0 Å². The lowest BCUT2D eigenvalue weighted by Gasteiger charge is -2.24. The highest BCUT2D eigenvalue weighted by Gasteiger charge is 2.32. The number of hydrazone groups is 1. The van der Waals surface area contributed by atoms with Gasteiger partial charge in [0.25, 0.3) is 0 Å². The van der Waals surface area contributed by atoms with Gasteiger partial charge in [0.2, 0.25) is 27.4 Å². The molecule has 5 aromatic carbocycles. The van der Waals surface area contributed by atoms with Gasteiger partial charge in [-0.05, 0) is 89.3 Å². The summed E-state index contributed by atoms with van der Waals surface area (Å²) >= 11 is 5.83. The minimum atomic E-state index is -3.55. The Labute approximate surface area is 804 Å². The first-order valence-electron chi connectivity index (χ1n) is 41.6. The van der Waals surface area contributed by atoms with Crippen LogP contribution in [0.2, 0.25) is 0 Å². The van der Waals surface area contributed by atoms with Crippen molar-refractivity contribution in [1.29, 1.82) is 0 Å². The lowest BCUT2D eigenvalue weighted by molar-refractivity contribution is -0.157. The summed E-state index contributed by atoms with van der Waals surface area (Å²) in [6.45, 7) is 17.5. The molecule has 716 valence electrons. The number of para-hydroxylation sites is 5. The Kier molecular flexibility index (Phi) is 34.2. The Morgan fingerprint density at radius 2 is 0.803 bits per heavy atom. The number of aromatic amines is 2. The fourth-order valence-corrected chi connectivity index (χ4v) is 17.0. The molecule has 2 unspecified atom stereocenters. The van der Waals surface area contributed by atoms with Crippen LogP contribution in [0.15, 0.2) is 184 Å². The normalized spacial score (nSPS) is 11.9. The van der Waals surface area contributed by atoms with Crippen molar-refractivity contribution in [3.8, 4) is 0 Å². The molecule has 0 fully saturated rings. The van der Waals surface area contributed by atoms with E-state index in [0.29, 0.717) is 66.8 Å². The molecule has 10 aromatic heterocycles. The first-order valence-corrected chi connectivity index (χ1v) is 47.9. The third-order valence-corrected chi connectivity index (χ3v) is 24.5. The molecule has 37 nitrogen and oxygen atoms in total. The number of ketones is 3. The van der Waals surface area contributed by atoms with E-state index in [2.05, 4.69) is 79.9 Å². The molecule has 0 aliphatic carbocycles. The van der Waals surface area contributed by atoms with Gasteiger partial charge >= 0.3 is 53.8 Å². The Balaban J connectivity index is 0.000000166. The molecule has 137 heavy (non-hydrogen) atoms. The number of benzene rings is 5. The summed E-state index contributed by atoms with van der Waals surface area (Å²) in [6.07, 6.45) is 9.54. The first kappa shape index (κ1) is 103. The maximum absolute atomic E-state index is 13.2. The third-order valence-electron chi connectivity index (χ3n) is 19.8. The molecule has 0 spiro atoms. The molecule has 15 aromatic rings. The van der Waals surface area contributed by atoms with Gasteiger partial charge in [0, 0.05) is 108 Å². The van der Waals surface area contributed by atoms with Crippen LogP contribution >= 0.6 is 56.7 Å². The standard InChI is InChI=1S/C25H29N3O7S.C20H21N3O5S.C20H20N2O5S.C15H14N4O4S2.C14H12N2O2S/c1-14(2)19(27-24(32)35-25(3,4)5)23(31)34-13-28-11-16(15-9-7-8-10-18(15)28)20(29)21-26-17(12-36-21)22(30)33-6;1-11(2)16(21)20(26)28-10-23-8-13(12-6-4-5-7-15(12)23)17(24)18-22-14(9-29-18)19(25)27-3;1-20(2,3)19(25)27-11-22-9-13(12-7-5-6-8-15(12)22)16(23)17-21-14(10-28-17)18(24)26-4;1-23-15(20)12-8-24-14(17-12)13(18-19-25(2,21)22)10-7-16-11-6-4-3-5-9(10)11;1-18-14(17)12-8-19-13(16-12)6-9-7-15-11-5-3-2-4-10(9)11/h7-12,14,19H,13H2,1-6H3,(H,27,32);4-9,11,16H,10,21H2,1-3H3;5-10H,11H2,1-4H3;3-8,16,19H,1-2H3;2-5,7-8,15H,6H2,1H3/b;;;18-13-;. The van der Waals surface area contributed by atoms with E-state index in [1.807, 2.05) is 105 Å². The molecular weight excluding hydrogens is 1890 g/mol. The van der Waals surface area contributed by atoms with Crippen LogP contribution in [0.25, 0.3) is 54.5 Å². The molecule has 1 amide bonds. The maximum atomic E-state index is 13.2. The number of methoxy groups -OCH3 is 5. The van der Waals surface area contributed by atoms with Crippen LogP contribution in [-0.4, -0.2) is 193 Å². The zero-order valence-corrected chi connectivity index (χ0v) is 81.8. The average Bonchev–Trinajstić information content (AvgIpc) is 1.63. The van der Waals surface area contributed by atoms with Gasteiger partial charge in [-0.2, -0.15) is 5.10 Å². The summed E-state index contributed by atoms with van der Waals surface area (Å²) in [5, 5.41) is 20.2. The van der Waals surface area contributed by atoms with Crippen molar-refractivity contribution in [2.45, 2.75) is 114 Å². The van der Waals surface area contributed by atoms with E-state index in [-0.39, 0.29) is 99.1 Å². The van der Waals surface area contributed by atoms with Crippen molar-refractivity contribution in [1.82, 2.24) is 58.7 Å². The van der Waals surface area contributed by atoms with Crippen molar-refractivity contribution < 1.29 is 109 Å². The lowest BCUT2D eigenvalue weighted by atomic mass is 9.98. The summed E-state index contributed by atoms with van der Waals surface area (Å²) in [5.41, 5.74) is 12.7. The van der Waals surface area contributed by atoms with Crippen LogP contribution in [0.3, 0.4) is 0 Å². The van der Waals surface area contributed by atoms with Gasteiger partial charge in [0.1, 0.15) is 28.4 Å². The highest BCUT2D eigenvalue weighted by molar-refractivity contribution is 7.88. The predicted octanol–water partition coefficient (Wildman–Crippen LogP) is 15.1. The lowest BCUT2D eigenvalue weighted by Crippen LogP contribution is -2.47. The van der Waals surface area contributed by atoms with Gasteiger partial charge in [-0.25, -0.2) is 71.7 Å². The highest BCUT2D eigenvalue weighted by atomic mass is 32.2. The number of rotatable bonds is 28. The summed E-state index contributed by atoms with van der Waals surface area (Å²) < 4.78 is 72.6. The number of hydrogen-bond donors (Lipinski definition) is 5. The molecule has 6 N–H and O–H groups in total. The van der Waals surface area contributed by atoms with E-state index in [0.717, 1.165) is 72.7 Å². The zero-order valence-electron chi connectivity index (χ0n) is 76.9. The molecule has 0 saturated carbocycles. The number of nitrogens with two attached hydrogens (primary N) is 1. The van der Waals surface area contributed by atoms with Gasteiger partial charge in [-0.1, -0.05) is 119 Å². The number of hydrogen-bond acceptors (Lipinski definition) is 35.